The third-order valence-corrected chi connectivity index (χ3v) is 5.15. The molecule has 2 aromatic carbocycles. The van der Waals surface area contributed by atoms with Crippen molar-refractivity contribution in [2.45, 2.75) is 51.4 Å². The number of nitro groups is 2. The maximum atomic E-state index is 11.2. The highest BCUT2D eigenvalue weighted by atomic mass is 16.6. The SMILES string of the molecule is CCCCCCC(C)(c1ccc(O)c([N+](=O)[O-])c1)c1ccc(O)c([N+](=O)[O-])c1. The third-order valence-electron chi connectivity index (χ3n) is 5.15. The number of hydrogen-bond donors (Lipinski definition) is 2. The van der Waals surface area contributed by atoms with E-state index in [0.717, 1.165) is 25.7 Å². The van der Waals surface area contributed by atoms with Crippen molar-refractivity contribution < 1.29 is 20.1 Å². The molecule has 0 saturated carbocycles. The highest BCUT2D eigenvalue weighted by Gasteiger charge is 2.32. The smallest absolute Gasteiger partial charge is 0.310 e. The molecule has 0 aliphatic rings. The molecule has 0 fully saturated rings. The van der Waals surface area contributed by atoms with Gasteiger partial charge in [0.2, 0.25) is 0 Å². The summed E-state index contributed by atoms with van der Waals surface area (Å²) in [4.78, 5) is 21.2. The Hall–Kier alpha value is -3.16. The number of phenolic OH excluding ortho intramolecular Hbond substituents is 2. The summed E-state index contributed by atoms with van der Waals surface area (Å²) in [5.74, 6) is -0.863. The molecule has 0 bridgehead atoms. The van der Waals surface area contributed by atoms with E-state index in [1.807, 2.05) is 6.92 Å². The second kappa shape index (κ2) is 8.69. The zero-order valence-electron chi connectivity index (χ0n) is 15.9. The van der Waals surface area contributed by atoms with Gasteiger partial charge in [0.1, 0.15) is 0 Å². The summed E-state index contributed by atoms with van der Waals surface area (Å²) >= 11 is 0. The Bertz CT molecular complexity index is 817. The topological polar surface area (TPSA) is 127 Å². The first-order chi connectivity index (χ1) is 13.2. The second-order valence-electron chi connectivity index (χ2n) is 7.06. The van der Waals surface area contributed by atoms with Crippen molar-refractivity contribution in [3.05, 3.63) is 67.8 Å². The monoisotopic (exact) mass is 388 g/mol. The van der Waals surface area contributed by atoms with Crippen molar-refractivity contribution in [2.75, 3.05) is 0 Å². The van der Waals surface area contributed by atoms with Crippen LogP contribution in [0.3, 0.4) is 0 Å². The summed E-state index contributed by atoms with van der Waals surface area (Å²) in [7, 11) is 0. The van der Waals surface area contributed by atoms with Crippen LogP contribution in [0.15, 0.2) is 36.4 Å². The molecule has 0 spiro atoms. The first-order valence-electron chi connectivity index (χ1n) is 9.16. The van der Waals surface area contributed by atoms with Crippen LogP contribution in [-0.2, 0) is 5.41 Å². The molecule has 0 heterocycles. The van der Waals surface area contributed by atoms with Crippen LogP contribution < -0.4 is 0 Å². The van der Waals surface area contributed by atoms with Crippen molar-refractivity contribution in [2.24, 2.45) is 0 Å². The number of nitro benzene ring substituents is 2. The predicted molar refractivity (Wildman–Crippen MR) is 105 cm³/mol. The van der Waals surface area contributed by atoms with Crippen LogP contribution >= 0.6 is 0 Å². The molecule has 0 aromatic heterocycles. The molecule has 8 nitrogen and oxygen atoms in total. The van der Waals surface area contributed by atoms with E-state index in [9.17, 15) is 30.4 Å². The maximum absolute atomic E-state index is 11.2. The van der Waals surface area contributed by atoms with Crippen molar-refractivity contribution in [3.63, 3.8) is 0 Å². The number of benzene rings is 2. The van der Waals surface area contributed by atoms with Gasteiger partial charge in [-0.1, -0.05) is 51.7 Å². The molecule has 0 atom stereocenters. The molecule has 2 rings (SSSR count). The molecule has 0 unspecified atom stereocenters. The van der Waals surface area contributed by atoms with E-state index >= 15 is 0 Å². The Labute approximate surface area is 162 Å². The Morgan fingerprint density at radius 1 is 0.857 bits per heavy atom. The number of rotatable bonds is 9. The Kier molecular flexibility index (Phi) is 6.56. The summed E-state index contributed by atoms with van der Waals surface area (Å²) < 4.78 is 0. The minimum absolute atomic E-state index is 0.412. The van der Waals surface area contributed by atoms with Gasteiger partial charge in [-0.2, -0.15) is 0 Å². The van der Waals surface area contributed by atoms with Gasteiger partial charge in [-0.3, -0.25) is 20.2 Å². The van der Waals surface area contributed by atoms with Crippen molar-refractivity contribution in [1.82, 2.24) is 0 Å². The van der Waals surface area contributed by atoms with E-state index < -0.39 is 38.1 Å². The van der Waals surface area contributed by atoms with Crippen LogP contribution in [-0.4, -0.2) is 20.1 Å². The van der Waals surface area contributed by atoms with Crippen molar-refractivity contribution in [3.8, 4) is 11.5 Å². The average molecular weight is 388 g/mol. The Balaban J connectivity index is 2.58. The van der Waals surface area contributed by atoms with E-state index in [1.54, 1.807) is 12.1 Å². The van der Waals surface area contributed by atoms with Crippen LogP contribution in [0.2, 0.25) is 0 Å². The minimum Gasteiger partial charge on any atom is -0.502 e. The molecule has 0 saturated heterocycles. The van der Waals surface area contributed by atoms with E-state index in [4.69, 9.17) is 0 Å². The maximum Gasteiger partial charge on any atom is 0.310 e. The van der Waals surface area contributed by atoms with Gasteiger partial charge in [0.05, 0.1) is 9.85 Å². The lowest BCUT2D eigenvalue weighted by Crippen LogP contribution is -2.24. The fourth-order valence-corrected chi connectivity index (χ4v) is 3.39. The van der Waals surface area contributed by atoms with Gasteiger partial charge in [0, 0.05) is 17.5 Å². The van der Waals surface area contributed by atoms with E-state index in [0.29, 0.717) is 17.5 Å². The number of phenols is 2. The minimum atomic E-state index is -0.759. The zero-order chi connectivity index (χ0) is 20.9. The Morgan fingerprint density at radius 2 is 1.32 bits per heavy atom. The van der Waals surface area contributed by atoms with Crippen LogP contribution in [0.5, 0.6) is 11.5 Å². The summed E-state index contributed by atoms with van der Waals surface area (Å²) in [6.07, 6.45) is 4.49. The van der Waals surface area contributed by atoms with E-state index in [-0.39, 0.29) is 0 Å². The van der Waals surface area contributed by atoms with Crippen LogP contribution in [0.4, 0.5) is 11.4 Å². The van der Waals surface area contributed by atoms with Crippen molar-refractivity contribution >= 4 is 11.4 Å². The fourth-order valence-electron chi connectivity index (χ4n) is 3.39. The molecule has 0 radical (unpaired) electrons. The van der Waals surface area contributed by atoms with Gasteiger partial charge >= 0.3 is 11.4 Å². The molecule has 0 amide bonds. The fraction of sp³-hybridized carbons (Fsp3) is 0.400. The lowest BCUT2D eigenvalue weighted by atomic mass is 9.72. The third kappa shape index (κ3) is 4.39. The number of hydrogen-bond acceptors (Lipinski definition) is 6. The second-order valence-corrected chi connectivity index (χ2v) is 7.06. The average Bonchev–Trinajstić information content (AvgIpc) is 2.65. The molecule has 0 aliphatic heterocycles. The lowest BCUT2D eigenvalue weighted by Gasteiger charge is -2.31. The molecule has 2 N–H and O–H groups in total. The van der Waals surface area contributed by atoms with Gasteiger partial charge < -0.3 is 10.2 Å². The lowest BCUT2D eigenvalue weighted by molar-refractivity contribution is -0.386. The molecule has 8 heteroatoms. The van der Waals surface area contributed by atoms with Gasteiger partial charge in [-0.15, -0.1) is 0 Å². The van der Waals surface area contributed by atoms with Gasteiger partial charge in [-0.05, 0) is 29.7 Å². The highest BCUT2D eigenvalue weighted by molar-refractivity contribution is 5.55. The van der Waals surface area contributed by atoms with Crippen LogP contribution in [0, 0.1) is 20.2 Å². The standard InChI is InChI=1S/C20H24N2O6/c1-3-4-5-6-11-20(2,14-7-9-18(23)16(12-14)21(25)26)15-8-10-19(24)17(13-15)22(27)28/h7-10,12-13,23-24H,3-6,11H2,1-2H3. The van der Waals surface area contributed by atoms with E-state index in [1.165, 1.54) is 24.3 Å². The summed E-state index contributed by atoms with van der Waals surface area (Å²) in [6.45, 7) is 3.96. The number of nitrogens with zero attached hydrogens (tertiary/aromatic N) is 2. The molecule has 150 valence electrons. The predicted octanol–water partition coefficient (Wildman–Crippen LogP) is 5.19. The summed E-state index contributed by atoms with van der Waals surface area (Å²) in [5, 5.41) is 42.0. The first kappa shape index (κ1) is 21.1. The summed E-state index contributed by atoms with van der Waals surface area (Å²) in [6, 6.07) is 8.36. The first-order valence-corrected chi connectivity index (χ1v) is 9.16. The zero-order valence-corrected chi connectivity index (χ0v) is 15.9. The van der Waals surface area contributed by atoms with E-state index in [2.05, 4.69) is 6.92 Å². The molecular formula is C20H24N2O6. The van der Waals surface area contributed by atoms with Gasteiger partial charge in [0.25, 0.3) is 0 Å². The summed E-state index contributed by atoms with van der Waals surface area (Å²) in [5.41, 5.74) is -0.428. The molecule has 2 aromatic rings. The quantitative estimate of drug-likeness (QED) is 0.346. The number of unbranched alkanes of at least 4 members (excludes halogenated alkanes) is 3. The highest BCUT2D eigenvalue weighted by Crippen LogP contribution is 2.42. The van der Waals surface area contributed by atoms with Crippen LogP contribution in [0.1, 0.15) is 57.1 Å². The van der Waals surface area contributed by atoms with Crippen LogP contribution in [0.25, 0.3) is 0 Å². The molecule has 0 aliphatic carbocycles. The normalized spacial score (nSPS) is 11.4. The molecular weight excluding hydrogens is 364 g/mol. The molecule has 28 heavy (non-hydrogen) atoms. The Morgan fingerprint density at radius 3 is 1.71 bits per heavy atom. The van der Waals surface area contributed by atoms with Gasteiger partial charge in [-0.25, -0.2) is 0 Å². The van der Waals surface area contributed by atoms with Gasteiger partial charge in [0.15, 0.2) is 11.5 Å². The number of aromatic hydroxyl groups is 2. The largest absolute Gasteiger partial charge is 0.502 e. The van der Waals surface area contributed by atoms with Crippen molar-refractivity contribution in [1.29, 1.82) is 0 Å².